The van der Waals surface area contributed by atoms with Gasteiger partial charge in [0.2, 0.25) is 0 Å². The van der Waals surface area contributed by atoms with Crippen molar-refractivity contribution in [3.8, 4) is 0 Å². The first kappa shape index (κ1) is 16.5. The van der Waals surface area contributed by atoms with Gasteiger partial charge in [0.25, 0.3) is 0 Å². The fourth-order valence-corrected chi connectivity index (χ4v) is 3.46. The predicted octanol–water partition coefficient (Wildman–Crippen LogP) is 5.21. The summed E-state index contributed by atoms with van der Waals surface area (Å²) in [5.74, 6) is -0.0730. The van der Waals surface area contributed by atoms with Crippen molar-refractivity contribution in [1.29, 1.82) is 0 Å². The van der Waals surface area contributed by atoms with Crippen LogP contribution in [0.1, 0.15) is 40.7 Å². The second kappa shape index (κ2) is 7.48. The van der Waals surface area contributed by atoms with Crippen molar-refractivity contribution in [3.05, 3.63) is 69.2 Å². The standard InChI is InChI=1S/C19H19Cl2NO/c20-16-8-9-17(18(21)12-16)19(23)15-6-4-14(5-7-15)13-22-10-2-1-3-11-22/h4-9,12H,1-3,10-11,13H2. The number of carbonyl (C=O) groups is 1. The van der Waals surface area contributed by atoms with E-state index in [-0.39, 0.29) is 5.78 Å². The van der Waals surface area contributed by atoms with Crippen molar-refractivity contribution >= 4 is 29.0 Å². The molecule has 4 heteroatoms. The van der Waals surface area contributed by atoms with E-state index in [1.807, 2.05) is 24.3 Å². The summed E-state index contributed by atoms with van der Waals surface area (Å²) in [5, 5.41) is 0.920. The number of likely N-dealkylation sites (tertiary alicyclic amines) is 1. The lowest BCUT2D eigenvalue weighted by molar-refractivity contribution is 0.103. The average molecular weight is 348 g/mol. The summed E-state index contributed by atoms with van der Waals surface area (Å²) >= 11 is 12.0. The third kappa shape index (κ3) is 4.14. The summed E-state index contributed by atoms with van der Waals surface area (Å²) in [6, 6.07) is 12.8. The quantitative estimate of drug-likeness (QED) is 0.707. The summed E-state index contributed by atoms with van der Waals surface area (Å²) in [4.78, 5) is 15.0. The van der Waals surface area contributed by atoms with Crippen LogP contribution in [-0.4, -0.2) is 23.8 Å². The maximum Gasteiger partial charge on any atom is 0.194 e. The van der Waals surface area contributed by atoms with E-state index in [0.717, 1.165) is 6.54 Å². The molecule has 0 aromatic heterocycles. The third-order valence-corrected chi connectivity index (χ3v) is 4.79. The number of ketones is 1. The van der Waals surface area contributed by atoms with Gasteiger partial charge in [0.1, 0.15) is 0 Å². The minimum absolute atomic E-state index is 0.0730. The molecule has 0 saturated carbocycles. The van der Waals surface area contributed by atoms with Gasteiger partial charge in [-0.15, -0.1) is 0 Å². The van der Waals surface area contributed by atoms with Crippen LogP contribution in [0.25, 0.3) is 0 Å². The molecule has 0 atom stereocenters. The molecule has 1 saturated heterocycles. The number of halogens is 2. The molecule has 1 aliphatic heterocycles. The van der Waals surface area contributed by atoms with Crippen LogP contribution < -0.4 is 0 Å². The predicted molar refractivity (Wildman–Crippen MR) is 95.5 cm³/mol. The lowest BCUT2D eigenvalue weighted by Gasteiger charge is -2.26. The van der Waals surface area contributed by atoms with E-state index in [1.54, 1.807) is 18.2 Å². The van der Waals surface area contributed by atoms with Gasteiger partial charge in [0.05, 0.1) is 5.02 Å². The third-order valence-electron chi connectivity index (χ3n) is 4.25. The van der Waals surface area contributed by atoms with Gasteiger partial charge in [-0.1, -0.05) is 53.9 Å². The molecule has 0 amide bonds. The Labute approximate surface area is 147 Å². The van der Waals surface area contributed by atoms with Gasteiger partial charge in [-0.2, -0.15) is 0 Å². The Morgan fingerprint density at radius 1 is 0.957 bits per heavy atom. The second-order valence-corrected chi connectivity index (χ2v) is 6.83. The summed E-state index contributed by atoms with van der Waals surface area (Å²) in [6.45, 7) is 3.29. The van der Waals surface area contributed by atoms with Gasteiger partial charge in [-0.3, -0.25) is 9.69 Å². The number of hydrogen-bond donors (Lipinski definition) is 0. The van der Waals surface area contributed by atoms with Crippen LogP contribution in [-0.2, 0) is 6.54 Å². The van der Waals surface area contributed by atoms with Gasteiger partial charge < -0.3 is 0 Å². The van der Waals surface area contributed by atoms with E-state index in [9.17, 15) is 4.79 Å². The highest BCUT2D eigenvalue weighted by atomic mass is 35.5. The number of benzene rings is 2. The zero-order valence-electron chi connectivity index (χ0n) is 12.9. The van der Waals surface area contributed by atoms with Gasteiger partial charge >= 0.3 is 0 Å². The van der Waals surface area contributed by atoms with Gasteiger partial charge in [0.15, 0.2) is 5.78 Å². The topological polar surface area (TPSA) is 20.3 Å². The number of nitrogens with zero attached hydrogens (tertiary/aromatic N) is 1. The molecule has 1 heterocycles. The zero-order chi connectivity index (χ0) is 16.2. The average Bonchev–Trinajstić information content (AvgIpc) is 2.56. The van der Waals surface area contributed by atoms with Crippen molar-refractivity contribution < 1.29 is 4.79 Å². The molecule has 0 radical (unpaired) electrons. The smallest absolute Gasteiger partial charge is 0.194 e. The van der Waals surface area contributed by atoms with E-state index in [2.05, 4.69) is 4.90 Å². The molecular weight excluding hydrogens is 329 g/mol. The molecule has 1 aliphatic rings. The zero-order valence-corrected chi connectivity index (χ0v) is 14.4. The fourth-order valence-electron chi connectivity index (χ4n) is 2.97. The summed E-state index contributed by atoms with van der Waals surface area (Å²) in [5.41, 5.74) is 2.38. The maximum absolute atomic E-state index is 12.5. The molecule has 2 aromatic carbocycles. The molecule has 120 valence electrons. The van der Waals surface area contributed by atoms with Gasteiger partial charge in [0, 0.05) is 22.7 Å². The second-order valence-electron chi connectivity index (χ2n) is 5.99. The molecular formula is C19H19Cl2NO. The largest absolute Gasteiger partial charge is 0.299 e. The molecule has 3 rings (SSSR count). The summed E-state index contributed by atoms with van der Waals surface area (Å²) in [7, 11) is 0. The van der Waals surface area contributed by atoms with Gasteiger partial charge in [-0.05, 0) is 49.7 Å². The van der Waals surface area contributed by atoms with Crippen molar-refractivity contribution in [3.63, 3.8) is 0 Å². The summed E-state index contributed by atoms with van der Waals surface area (Å²) < 4.78 is 0. The van der Waals surface area contributed by atoms with Crippen molar-refractivity contribution in [1.82, 2.24) is 4.90 Å². The molecule has 0 unspecified atom stereocenters. The Morgan fingerprint density at radius 3 is 2.30 bits per heavy atom. The van der Waals surface area contributed by atoms with E-state index in [4.69, 9.17) is 23.2 Å². The van der Waals surface area contributed by atoms with Crippen LogP contribution in [0, 0.1) is 0 Å². The normalized spacial score (nSPS) is 15.6. The Bertz CT molecular complexity index is 691. The van der Waals surface area contributed by atoms with E-state index >= 15 is 0 Å². The Morgan fingerprint density at radius 2 is 1.65 bits per heavy atom. The number of piperidine rings is 1. The highest BCUT2D eigenvalue weighted by Crippen LogP contribution is 2.24. The van der Waals surface area contributed by atoms with Crippen LogP contribution in [0.2, 0.25) is 10.0 Å². The molecule has 2 aromatic rings. The molecule has 0 spiro atoms. The van der Waals surface area contributed by atoms with Crippen molar-refractivity contribution in [2.45, 2.75) is 25.8 Å². The molecule has 0 N–H and O–H groups in total. The Hall–Kier alpha value is -1.35. The van der Waals surface area contributed by atoms with Crippen LogP contribution >= 0.6 is 23.2 Å². The monoisotopic (exact) mass is 347 g/mol. The van der Waals surface area contributed by atoms with E-state index < -0.39 is 0 Å². The molecule has 0 bridgehead atoms. The van der Waals surface area contributed by atoms with E-state index in [0.29, 0.717) is 21.2 Å². The highest BCUT2D eigenvalue weighted by molar-refractivity contribution is 6.37. The van der Waals surface area contributed by atoms with E-state index in [1.165, 1.54) is 37.9 Å². The van der Waals surface area contributed by atoms with Crippen LogP contribution in [0.4, 0.5) is 0 Å². The molecule has 2 nitrogen and oxygen atoms in total. The fraction of sp³-hybridized carbons (Fsp3) is 0.316. The first-order valence-corrected chi connectivity index (χ1v) is 8.70. The Kier molecular flexibility index (Phi) is 5.37. The minimum Gasteiger partial charge on any atom is -0.299 e. The maximum atomic E-state index is 12.5. The lowest BCUT2D eigenvalue weighted by atomic mass is 10.0. The first-order chi connectivity index (χ1) is 11.1. The lowest BCUT2D eigenvalue weighted by Crippen LogP contribution is -2.29. The van der Waals surface area contributed by atoms with Gasteiger partial charge in [-0.25, -0.2) is 0 Å². The number of carbonyl (C=O) groups excluding carboxylic acids is 1. The highest BCUT2D eigenvalue weighted by Gasteiger charge is 2.14. The van der Waals surface area contributed by atoms with Crippen LogP contribution in [0.15, 0.2) is 42.5 Å². The van der Waals surface area contributed by atoms with Crippen molar-refractivity contribution in [2.24, 2.45) is 0 Å². The number of rotatable bonds is 4. The number of hydrogen-bond acceptors (Lipinski definition) is 2. The van der Waals surface area contributed by atoms with Crippen LogP contribution in [0.3, 0.4) is 0 Å². The Balaban J connectivity index is 1.72. The minimum atomic E-state index is -0.0730. The SMILES string of the molecule is O=C(c1ccc(CN2CCCCC2)cc1)c1ccc(Cl)cc1Cl. The molecule has 23 heavy (non-hydrogen) atoms. The van der Waals surface area contributed by atoms with Crippen molar-refractivity contribution in [2.75, 3.05) is 13.1 Å². The molecule has 0 aliphatic carbocycles. The first-order valence-electron chi connectivity index (χ1n) is 7.94. The molecule has 1 fully saturated rings. The van der Waals surface area contributed by atoms with Crippen LogP contribution in [0.5, 0.6) is 0 Å². The summed E-state index contributed by atoms with van der Waals surface area (Å²) in [6.07, 6.45) is 3.91.